The van der Waals surface area contributed by atoms with Crippen LogP contribution in [-0.4, -0.2) is 25.1 Å². The number of primary amides is 1. The smallest absolute Gasteiger partial charge is 0.252 e. The first-order valence-electron chi connectivity index (χ1n) is 6.12. The maximum Gasteiger partial charge on any atom is 0.252 e. The van der Waals surface area contributed by atoms with Gasteiger partial charge in [0.05, 0.1) is 12.2 Å². The van der Waals surface area contributed by atoms with Gasteiger partial charge in [0.15, 0.2) is 0 Å². The molecular weight excluding hydrogens is 235 g/mol. The lowest BCUT2D eigenvalue weighted by Crippen LogP contribution is -2.23. The van der Waals surface area contributed by atoms with Crippen LogP contribution in [0.25, 0.3) is 0 Å². The lowest BCUT2D eigenvalue weighted by molar-refractivity contribution is 0.0995. The number of amides is 1. The van der Waals surface area contributed by atoms with Crippen LogP contribution in [0.5, 0.6) is 5.75 Å². The van der Waals surface area contributed by atoms with Gasteiger partial charge < -0.3 is 15.8 Å². The average molecular weight is 252 g/mol. The number of ether oxygens (including phenoxy) is 1. The third-order valence-electron chi connectivity index (χ3n) is 3.09. The Morgan fingerprint density at radius 3 is 3.06 bits per heavy atom. The number of rotatable bonds is 5. The molecule has 1 amide bonds. The van der Waals surface area contributed by atoms with E-state index in [1.807, 2.05) is 0 Å². The van der Waals surface area contributed by atoms with Gasteiger partial charge in [-0.3, -0.25) is 4.79 Å². The Kier molecular flexibility index (Phi) is 4.15. The van der Waals surface area contributed by atoms with Gasteiger partial charge in [0, 0.05) is 6.04 Å². The first kappa shape index (κ1) is 12.8. The topological polar surface area (TPSA) is 64.4 Å². The van der Waals surface area contributed by atoms with Crippen LogP contribution >= 0.6 is 0 Å². The van der Waals surface area contributed by atoms with Crippen LogP contribution in [0.4, 0.5) is 4.39 Å². The SMILES string of the molecule is NC(=O)c1cc(F)ccc1OCCC1CCCN1. The van der Waals surface area contributed by atoms with Crippen molar-refractivity contribution in [1.82, 2.24) is 5.32 Å². The summed E-state index contributed by atoms with van der Waals surface area (Å²) in [5, 5.41) is 3.36. The molecule has 1 atom stereocenters. The highest BCUT2D eigenvalue weighted by Crippen LogP contribution is 2.20. The molecule has 0 bridgehead atoms. The molecule has 2 rings (SSSR count). The van der Waals surface area contributed by atoms with Gasteiger partial charge in [0.2, 0.25) is 0 Å². The van der Waals surface area contributed by atoms with E-state index in [-0.39, 0.29) is 5.56 Å². The van der Waals surface area contributed by atoms with Gasteiger partial charge in [-0.05, 0) is 44.0 Å². The number of carbonyl (C=O) groups is 1. The Morgan fingerprint density at radius 1 is 1.56 bits per heavy atom. The Hall–Kier alpha value is -1.62. The van der Waals surface area contributed by atoms with Gasteiger partial charge in [0.1, 0.15) is 11.6 Å². The summed E-state index contributed by atoms with van der Waals surface area (Å²) in [5.74, 6) is -0.820. The number of benzene rings is 1. The third-order valence-corrected chi connectivity index (χ3v) is 3.09. The molecule has 1 heterocycles. The molecule has 0 spiro atoms. The van der Waals surface area contributed by atoms with Crippen LogP contribution in [-0.2, 0) is 0 Å². The zero-order valence-corrected chi connectivity index (χ0v) is 10.1. The molecule has 98 valence electrons. The Morgan fingerprint density at radius 2 is 2.39 bits per heavy atom. The summed E-state index contributed by atoms with van der Waals surface area (Å²) in [6.45, 7) is 1.54. The number of nitrogens with one attached hydrogen (secondary N) is 1. The van der Waals surface area contributed by atoms with Gasteiger partial charge in [-0.1, -0.05) is 0 Å². The first-order chi connectivity index (χ1) is 8.66. The first-order valence-corrected chi connectivity index (χ1v) is 6.12. The summed E-state index contributed by atoms with van der Waals surface area (Å²) in [7, 11) is 0. The summed E-state index contributed by atoms with van der Waals surface area (Å²) >= 11 is 0. The number of halogens is 1. The fourth-order valence-electron chi connectivity index (χ4n) is 2.13. The second kappa shape index (κ2) is 5.82. The van der Waals surface area contributed by atoms with Crippen molar-refractivity contribution in [1.29, 1.82) is 0 Å². The van der Waals surface area contributed by atoms with Crippen LogP contribution in [0.3, 0.4) is 0 Å². The molecule has 1 aromatic carbocycles. The molecule has 5 heteroatoms. The van der Waals surface area contributed by atoms with E-state index in [0.717, 1.165) is 25.5 Å². The molecule has 0 saturated carbocycles. The molecular formula is C13H17FN2O2. The molecule has 0 aliphatic carbocycles. The summed E-state index contributed by atoms with van der Waals surface area (Å²) in [6.07, 6.45) is 3.21. The van der Waals surface area contributed by atoms with E-state index in [1.54, 1.807) is 0 Å². The molecule has 18 heavy (non-hydrogen) atoms. The van der Waals surface area contributed by atoms with Crippen LogP contribution in [0.2, 0.25) is 0 Å². The molecule has 1 aromatic rings. The minimum atomic E-state index is -0.677. The molecule has 1 aliphatic rings. The van der Waals surface area contributed by atoms with Crippen LogP contribution in [0.1, 0.15) is 29.6 Å². The molecule has 3 N–H and O–H groups in total. The van der Waals surface area contributed by atoms with Crippen molar-refractivity contribution < 1.29 is 13.9 Å². The molecule has 4 nitrogen and oxygen atoms in total. The van der Waals surface area contributed by atoms with Gasteiger partial charge in [-0.15, -0.1) is 0 Å². The average Bonchev–Trinajstić information content (AvgIpc) is 2.84. The minimum Gasteiger partial charge on any atom is -0.493 e. The highest BCUT2D eigenvalue weighted by atomic mass is 19.1. The van der Waals surface area contributed by atoms with Gasteiger partial charge in [-0.25, -0.2) is 4.39 Å². The largest absolute Gasteiger partial charge is 0.493 e. The Labute approximate surface area is 105 Å². The molecule has 0 aromatic heterocycles. The molecule has 1 aliphatic heterocycles. The third kappa shape index (κ3) is 3.20. The summed E-state index contributed by atoms with van der Waals surface area (Å²) in [4.78, 5) is 11.2. The van der Waals surface area contributed by atoms with Crippen molar-refractivity contribution in [2.75, 3.05) is 13.2 Å². The number of hydrogen-bond acceptors (Lipinski definition) is 3. The molecule has 1 fully saturated rings. The van der Waals surface area contributed by atoms with Crippen molar-refractivity contribution >= 4 is 5.91 Å². The van der Waals surface area contributed by atoms with Crippen molar-refractivity contribution in [3.8, 4) is 5.75 Å². The maximum atomic E-state index is 13.0. The molecule has 0 radical (unpaired) electrons. The minimum absolute atomic E-state index is 0.0920. The van der Waals surface area contributed by atoms with Crippen LogP contribution < -0.4 is 15.8 Å². The quantitative estimate of drug-likeness (QED) is 0.833. The number of nitrogens with two attached hydrogens (primary N) is 1. The van der Waals surface area contributed by atoms with E-state index >= 15 is 0 Å². The fourth-order valence-corrected chi connectivity index (χ4v) is 2.13. The van der Waals surface area contributed by atoms with Gasteiger partial charge in [0.25, 0.3) is 5.91 Å². The molecule has 1 unspecified atom stereocenters. The molecule has 1 saturated heterocycles. The van der Waals surface area contributed by atoms with Crippen LogP contribution in [0, 0.1) is 5.82 Å². The van der Waals surface area contributed by atoms with Gasteiger partial charge >= 0.3 is 0 Å². The number of hydrogen-bond donors (Lipinski definition) is 2. The second-order valence-electron chi connectivity index (χ2n) is 4.44. The highest BCUT2D eigenvalue weighted by Gasteiger charge is 2.15. The summed E-state index contributed by atoms with van der Waals surface area (Å²) < 4.78 is 18.5. The Balaban J connectivity index is 1.93. The summed E-state index contributed by atoms with van der Waals surface area (Å²) in [5.41, 5.74) is 5.27. The lowest BCUT2D eigenvalue weighted by Gasteiger charge is -2.13. The monoisotopic (exact) mass is 252 g/mol. The van der Waals surface area contributed by atoms with E-state index in [2.05, 4.69) is 5.32 Å². The van der Waals surface area contributed by atoms with E-state index in [1.165, 1.54) is 18.6 Å². The van der Waals surface area contributed by atoms with E-state index in [9.17, 15) is 9.18 Å². The normalized spacial score (nSPS) is 18.8. The van der Waals surface area contributed by atoms with Crippen molar-refractivity contribution in [3.63, 3.8) is 0 Å². The fraction of sp³-hybridized carbons (Fsp3) is 0.462. The Bertz CT molecular complexity index is 431. The van der Waals surface area contributed by atoms with E-state index in [0.29, 0.717) is 18.4 Å². The predicted molar refractivity (Wildman–Crippen MR) is 66.1 cm³/mol. The lowest BCUT2D eigenvalue weighted by atomic mass is 10.1. The predicted octanol–water partition coefficient (Wildman–Crippen LogP) is 1.45. The second-order valence-corrected chi connectivity index (χ2v) is 4.44. The number of carbonyl (C=O) groups excluding carboxylic acids is 1. The standard InChI is InChI=1S/C13H17FN2O2/c14-9-3-4-12(11(8-9)13(15)17)18-7-5-10-2-1-6-16-10/h3-4,8,10,16H,1-2,5-7H2,(H2,15,17). The maximum absolute atomic E-state index is 13.0. The van der Waals surface area contributed by atoms with Crippen molar-refractivity contribution in [3.05, 3.63) is 29.6 Å². The van der Waals surface area contributed by atoms with Gasteiger partial charge in [-0.2, -0.15) is 0 Å². The van der Waals surface area contributed by atoms with Crippen molar-refractivity contribution in [2.24, 2.45) is 5.73 Å². The van der Waals surface area contributed by atoms with Crippen molar-refractivity contribution in [2.45, 2.75) is 25.3 Å². The zero-order chi connectivity index (χ0) is 13.0. The summed E-state index contributed by atoms with van der Waals surface area (Å²) in [6, 6.07) is 4.28. The van der Waals surface area contributed by atoms with E-state index < -0.39 is 11.7 Å². The zero-order valence-electron chi connectivity index (χ0n) is 10.1. The van der Waals surface area contributed by atoms with Crippen LogP contribution in [0.15, 0.2) is 18.2 Å². The van der Waals surface area contributed by atoms with E-state index in [4.69, 9.17) is 10.5 Å². The highest BCUT2D eigenvalue weighted by molar-refractivity contribution is 5.95.